The minimum absolute atomic E-state index is 0. The Bertz CT molecular complexity index is 807. The zero-order valence-corrected chi connectivity index (χ0v) is 21.0. The van der Waals surface area contributed by atoms with Crippen molar-refractivity contribution in [2.45, 2.75) is 69.2 Å². The van der Waals surface area contributed by atoms with Crippen molar-refractivity contribution in [3.05, 3.63) is 115 Å². The maximum Gasteiger partial charge on any atom is 0.0267 e. The Morgan fingerprint density at radius 3 is 1.44 bits per heavy atom. The molecule has 4 rings (SSSR count). The van der Waals surface area contributed by atoms with Crippen LogP contribution in [0.4, 0.5) is 0 Å². The third-order valence-electron chi connectivity index (χ3n) is 3.83. The molecule has 32 heavy (non-hydrogen) atoms. The second-order valence-electron chi connectivity index (χ2n) is 5.66. The molecule has 1 nitrogen and oxygen atoms in total. The zero-order chi connectivity index (χ0) is 23.7. The second-order valence-corrected chi connectivity index (χ2v) is 5.66. The summed E-state index contributed by atoms with van der Waals surface area (Å²) >= 11 is 0. The fourth-order valence-electron chi connectivity index (χ4n) is 2.41. The van der Waals surface area contributed by atoms with Crippen LogP contribution >= 0.6 is 0 Å². The predicted octanol–water partition coefficient (Wildman–Crippen LogP) is 10.2. The summed E-state index contributed by atoms with van der Waals surface area (Å²) in [6, 6.07) is 31.0. The number of rotatable bonds is 1. The monoisotopic (exact) mass is 433 g/mol. The molecule has 1 heteroatoms. The van der Waals surface area contributed by atoms with E-state index >= 15 is 0 Å². The van der Waals surface area contributed by atoms with Crippen LogP contribution in [0.2, 0.25) is 0 Å². The van der Waals surface area contributed by atoms with Crippen molar-refractivity contribution in [2.24, 2.45) is 0 Å². The van der Waals surface area contributed by atoms with Gasteiger partial charge in [-0.15, -0.1) is 0 Å². The highest BCUT2D eigenvalue weighted by Gasteiger charge is 1.92. The van der Waals surface area contributed by atoms with Crippen molar-refractivity contribution >= 4 is 10.8 Å². The average Bonchev–Trinajstić information content (AvgIpc) is 2.90. The maximum absolute atomic E-state index is 3.78. The first-order valence-corrected chi connectivity index (χ1v) is 11.6. The molecule has 1 aromatic heterocycles. The highest BCUT2D eigenvalue weighted by atomic mass is 14.6. The fourth-order valence-corrected chi connectivity index (χ4v) is 2.41. The third kappa shape index (κ3) is 15.8. The standard InChI is InChI=1S/C11H10.C8H10.C5H5N.3C2H6.CH4/c1-9-5-4-7-10-6-2-3-8-11(9)10;1-2-8-6-4-3-5-7-8;1-2-4-6-5-3-1;3*1-2;/h2-8H,1H3;3-7H,2H2,1H3;1-5H;3*1-2H3;1H4. The van der Waals surface area contributed by atoms with Crippen molar-refractivity contribution in [2.75, 3.05) is 0 Å². The first-order chi connectivity index (χ1) is 15.3. The van der Waals surface area contributed by atoms with Crippen LogP contribution in [0.5, 0.6) is 0 Å². The summed E-state index contributed by atoms with van der Waals surface area (Å²) in [5.74, 6) is 0. The van der Waals surface area contributed by atoms with Crippen LogP contribution in [0, 0.1) is 6.92 Å². The lowest BCUT2D eigenvalue weighted by Crippen LogP contribution is -1.75. The van der Waals surface area contributed by atoms with Gasteiger partial charge in [0.15, 0.2) is 0 Å². The van der Waals surface area contributed by atoms with Gasteiger partial charge in [-0.1, -0.05) is 135 Å². The Morgan fingerprint density at radius 2 is 1.03 bits per heavy atom. The number of nitrogens with zero attached hydrogens (tertiary/aromatic N) is 1. The number of aromatic nitrogens is 1. The van der Waals surface area contributed by atoms with Crippen LogP contribution in [0.1, 0.15) is 67.0 Å². The molecule has 0 bridgehead atoms. The Kier molecular flexibility index (Phi) is 27.5. The zero-order valence-electron chi connectivity index (χ0n) is 21.0. The molecule has 0 aliphatic rings. The van der Waals surface area contributed by atoms with Crippen molar-refractivity contribution in [1.29, 1.82) is 0 Å². The number of aryl methyl sites for hydroxylation is 2. The lowest BCUT2D eigenvalue weighted by molar-refractivity contribution is 1.14. The normalized spacial score (nSPS) is 7.88. The van der Waals surface area contributed by atoms with Gasteiger partial charge in [0.05, 0.1) is 0 Å². The van der Waals surface area contributed by atoms with Gasteiger partial charge in [-0.05, 0) is 47.4 Å². The summed E-state index contributed by atoms with van der Waals surface area (Å²) in [4.78, 5) is 3.78. The molecule has 0 radical (unpaired) electrons. The van der Waals surface area contributed by atoms with Crippen LogP contribution in [0.25, 0.3) is 10.8 Å². The first-order valence-electron chi connectivity index (χ1n) is 11.6. The molecule has 3 aromatic carbocycles. The lowest BCUT2D eigenvalue weighted by Gasteiger charge is -1.98. The van der Waals surface area contributed by atoms with E-state index < -0.39 is 0 Å². The molecule has 1 heterocycles. The van der Waals surface area contributed by atoms with Crippen LogP contribution in [0.15, 0.2) is 103 Å². The average molecular weight is 434 g/mol. The number of hydrogen-bond donors (Lipinski definition) is 0. The number of pyridine rings is 1. The molecule has 176 valence electrons. The molecule has 0 saturated carbocycles. The van der Waals surface area contributed by atoms with Crippen LogP contribution in [0.3, 0.4) is 0 Å². The SMILES string of the molecule is C.CC.CC.CC.CCc1ccccc1.Cc1cccc2ccccc12.c1ccncc1. The van der Waals surface area contributed by atoms with Crippen molar-refractivity contribution < 1.29 is 0 Å². The van der Waals surface area contributed by atoms with Crippen LogP contribution in [-0.2, 0) is 6.42 Å². The van der Waals surface area contributed by atoms with Gasteiger partial charge >= 0.3 is 0 Å². The van der Waals surface area contributed by atoms with E-state index in [0.717, 1.165) is 6.42 Å². The summed E-state index contributed by atoms with van der Waals surface area (Å²) in [7, 11) is 0. The van der Waals surface area contributed by atoms with E-state index in [-0.39, 0.29) is 7.43 Å². The third-order valence-corrected chi connectivity index (χ3v) is 3.83. The number of fused-ring (bicyclic) bond motifs is 1. The number of hydrogen-bond acceptors (Lipinski definition) is 1. The van der Waals surface area contributed by atoms with Crippen molar-refractivity contribution in [3.8, 4) is 0 Å². The van der Waals surface area contributed by atoms with Crippen LogP contribution < -0.4 is 0 Å². The van der Waals surface area contributed by atoms with E-state index in [2.05, 4.69) is 85.6 Å². The van der Waals surface area contributed by atoms with Gasteiger partial charge in [-0.3, -0.25) is 4.98 Å². The Labute approximate surface area is 199 Å². The van der Waals surface area contributed by atoms with E-state index in [1.807, 2.05) is 65.8 Å². The molecule has 0 amide bonds. The highest BCUT2D eigenvalue weighted by Crippen LogP contribution is 2.16. The molecule has 0 atom stereocenters. The Balaban J connectivity index is -0.000000358. The van der Waals surface area contributed by atoms with Gasteiger partial charge in [-0.25, -0.2) is 0 Å². The lowest BCUT2D eigenvalue weighted by atomic mass is 10.1. The molecule has 0 saturated heterocycles. The molecule has 4 aromatic rings. The van der Waals surface area contributed by atoms with Crippen molar-refractivity contribution in [1.82, 2.24) is 4.98 Å². The summed E-state index contributed by atoms with van der Waals surface area (Å²) in [5, 5.41) is 2.68. The molecule has 0 aliphatic heterocycles. The topological polar surface area (TPSA) is 12.9 Å². The van der Waals surface area contributed by atoms with Crippen molar-refractivity contribution in [3.63, 3.8) is 0 Å². The first kappa shape index (κ1) is 33.7. The Hall–Kier alpha value is -2.93. The minimum Gasteiger partial charge on any atom is -0.265 e. The highest BCUT2D eigenvalue weighted by molar-refractivity contribution is 5.85. The van der Waals surface area contributed by atoms with Gasteiger partial charge in [0.1, 0.15) is 0 Å². The quantitative estimate of drug-likeness (QED) is 0.291. The van der Waals surface area contributed by atoms with E-state index in [4.69, 9.17) is 0 Å². The van der Waals surface area contributed by atoms with E-state index in [1.54, 1.807) is 12.4 Å². The molecule has 0 unspecified atom stereocenters. The summed E-state index contributed by atoms with van der Waals surface area (Å²) in [6.07, 6.45) is 4.64. The second kappa shape index (κ2) is 26.1. The minimum atomic E-state index is 0. The molecular weight excluding hydrogens is 386 g/mol. The van der Waals surface area contributed by atoms with E-state index in [9.17, 15) is 0 Å². The van der Waals surface area contributed by atoms with E-state index in [0.29, 0.717) is 0 Å². The summed E-state index contributed by atoms with van der Waals surface area (Å²) < 4.78 is 0. The molecule has 0 aliphatic carbocycles. The molecule has 0 fully saturated rings. The number of benzene rings is 3. The Morgan fingerprint density at radius 1 is 0.562 bits per heavy atom. The molecule has 0 N–H and O–H groups in total. The summed E-state index contributed by atoms with van der Waals surface area (Å²) in [6.45, 7) is 16.3. The van der Waals surface area contributed by atoms with E-state index in [1.165, 1.54) is 21.9 Å². The van der Waals surface area contributed by atoms with Gasteiger partial charge in [-0.2, -0.15) is 0 Å². The van der Waals surface area contributed by atoms with Crippen LogP contribution in [-0.4, -0.2) is 4.98 Å². The van der Waals surface area contributed by atoms with Gasteiger partial charge in [0.25, 0.3) is 0 Å². The maximum atomic E-state index is 3.78. The smallest absolute Gasteiger partial charge is 0.0267 e. The van der Waals surface area contributed by atoms with Gasteiger partial charge < -0.3 is 0 Å². The summed E-state index contributed by atoms with van der Waals surface area (Å²) in [5.41, 5.74) is 2.76. The predicted molar refractivity (Wildman–Crippen MR) is 150 cm³/mol. The van der Waals surface area contributed by atoms with Gasteiger partial charge in [0, 0.05) is 12.4 Å². The largest absolute Gasteiger partial charge is 0.265 e. The fraction of sp³-hybridized carbons (Fsp3) is 0.323. The van der Waals surface area contributed by atoms with Gasteiger partial charge in [0.2, 0.25) is 0 Å². The molecular formula is C31H47N. The molecule has 0 spiro atoms.